The molecule has 5 aliphatic rings. The zero-order valence-electron chi connectivity index (χ0n) is 44.2. The summed E-state index contributed by atoms with van der Waals surface area (Å²) in [5.41, 5.74) is 32.7. The number of fused-ring (bicyclic) bond motifs is 13. The molecule has 0 saturated carbocycles. The van der Waals surface area contributed by atoms with Gasteiger partial charge in [0, 0.05) is 44.1 Å². The van der Waals surface area contributed by atoms with Crippen LogP contribution in [-0.4, -0.2) is 15.8 Å². The SMILES string of the molecule is Cc1ccc2c3c1c1c(C)ccc4c1n3-c1c(ccc3c1B2c1c2c(cc5c(-c6ccc(C(C)(C)C)cc6)c(-c6ccc(C(C)(C)C)cc6)n-3c15)C(C)(C)CCC2(C)C)C41c2ccccc2-c2ccccc21. The Balaban J connectivity index is 1.20. The molecule has 8 aromatic carbocycles. The first kappa shape index (κ1) is 42.8. The van der Waals surface area contributed by atoms with Crippen LogP contribution in [0.1, 0.15) is 138 Å². The zero-order valence-corrected chi connectivity index (χ0v) is 44.2. The van der Waals surface area contributed by atoms with E-state index in [2.05, 4.69) is 232 Å². The fourth-order valence-corrected chi connectivity index (χ4v) is 15.4. The fourth-order valence-electron chi connectivity index (χ4n) is 15.4. The van der Waals surface area contributed by atoms with Crippen molar-refractivity contribution in [1.29, 1.82) is 0 Å². The summed E-state index contributed by atoms with van der Waals surface area (Å²) in [6.07, 6.45) is 2.29. The van der Waals surface area contributed by atoms with Gasteiger partial charge < -0.3 is 9.13 Å². The maximum Gasteiger partial charge on any atom is 0.252 e. The molecule has 2 aliphatic carbocycles. The summed E-state index contributed by atoms with van der Waals surface area (Å²) in [6.45, 7) is 28.9. The van der Waals surface area contributed by atoms with Crippen molar-refractivity contribution in [3.05, 3.63) is 195 Å². The van der Waals surface area contributed by atoms with E-state index in [0.29, 0.717) is 0 Å². The van der Waals surface area contributed by atoms with Crippen molar-refractivity contribution in [3.63, 3.8) is 0 Å². The minimum absolute atomic E-state index is 0.0147. The van der Waals surface area contributed by atoms with Gasteiger partial charge >= 0.3 is 0 Å². The van der Waals surface area contributed by atoms with Gasteiger partial charge in [0.25, 0.3) is 6.71 Å². The normalized spacial score (nSPS) is 16.8. The van der Waals surface area contributed by atoms with Crippen LogP contribution in [-0.2, 0) is 27.1 Å². The van der Waals surface area contributed by atoms with Gasteiger partial charge in [-0.3, -0.25) is 0 Å². The lowest BCUT2D eigenvalue weighted by Gasteiger charge is -2.47. The van der Waals surface area contributed by atoms with Crippen molar-refractivity contribution in [3.8, 4) is 44.9 Å². The van der Waals surface area contributed by atoms with Crippen molar-refractivity contribution in [2.75, 3.05) is 0 Å². The van der Waals surface area contributed by atoms with Crippen molar-refractivity contribution >= 4 is 55.8 Å². The molecule has 352 valence electrons. The molecule has 0 fully saturated rings. The highest BCUT2D eigenvalue weighted by Crippen LogP contribution is 2.62. The Hall–Kier alpha value is -6.84. The highest BCUT2D eigenvalue weighted by Gasteiger charge is 2.56. The lowest BCUT2D eigenvalue weighted by molar-refractivity contribution is 0.334. The predicted molar refractivity (Wildman–Crippen MR) is 306 cm³/mol. The van der Waals surface area contributed by atoms with Gasteiger partial charge in [-0.1, -0.05) is 197 Å². The second-order valence-electron chi connectivity index (χ2n) is 25.9. The van der Waals surface area contributed by atoms with Crippen LogP contribution in [0.2, 0.25) is 0 Å². The number of nitrogens with zero attached hydrogens (tertiary/aromatic N) is 2. The van der Waals surface area contributed by atoms with E-state index in [1.807, 2.05) is 0 Å². The Morgan fingerprint density at radius 1 is 0.486 bits per heavy atom. The van der Waals surface area contributed by atoms with Gasteiger partial charge in [0.1, 0.15) is 0 Å². The topological polar surface area (TPSA) is 9.86 Å². The summed E-state index contributed by atoms with van der Waals surface area (Å²) in [4.78, 5) is 0. The summed E-state index contributed by atoms with van der Waals surface area (Å²) in [7, 11) is 0. The Labute approximate surface area is 425 Å². The summed E-state index contributed by atoms with van der Waals surface area (Å²) in [6, 6.07) is 55.9. The summed E-state index contributed by atoms with van der Waals surface area (Å²) >= 11 is 0. The molecule has 0 radical (unpaired) electrons. The molecular weight excluding hydrogens is 868 g/mol. The van der Waals surface area contributed by atoms with Crippen molar-refractivity contribution in [2.45, 2.75) is 123 Å². The second-order valence-corrected chi connectivity index (χ2v) is 25.9. The molecular formula is C69H63BN2. The van der Waals surface area contributed by atoms with E-state index < -0.39 is 5.41 Å². The first-order chi connectivity index (χ1) is 34.3. The molecule has 2 aromatic heterocycles. The number of benzene rings is 8. The number of hydrogen-bond acceptors (Lipinski definition) is 0. The zero-order chi connectivity index (χ0) is 49.5. The monoisotopic (exact) mass is 931 g/mol. The van der Waals surface area contributed by atoms with Crippen LogP contribution in [0.15, 0.2) is 140 Å². The average molecular weight is 931 g/mol. The molecule has 15 rings (SSSR count). The number of aromatic nitrogens is 2. The van der Waals surface area contributed by atoms with E-state index in [1.54, 1.807) is 5.56 Å². The van der Waals surface area contributed by atoms with Crippen molar-refractivity contribution in [2.24, 2.45) is 0 Å². The lowest BCUT2D eigenvalue weighted by atomic mass is 9.32. The summed E-state index contributed by atoms with van der Waals surface area (Å²) < 4.78 is 5.59. The molecule has 10 aromatic rings. The maximum atomic E-state index is 2.80. The number of rotatable bonds is 2. The highest BCUT2D eigenvalue weighted by atomic mass is 15.1. The van der Waals surface area contributed by atoms with Crippen LogP contribution in [0.5, 0.6) is 0 Å². The highest BCUT2D eigenvalue weighted by molar-refractivity contribution is 7.00. The molecule has 0 amide bonds. The molecule has 0 unspecified atom stereocenters. The van der Waals surface area contributed by atoms with Gasteiger partial charge in [-0.15, -0.1) is 0 Å². The smallest absolute Gasteiger partial charge is 0.252 e. The maximum absolute atomic E-state index is 2.80. The molecule has 0 bridgehead atoms. The number of aryl methyl sites for hydroxylation is 2. The van der Waals surface area contributed by atoms with Crippen molar-refractivity contribution in [1.82, 2.24) is 9.13 Å². The van der Waals surface area contributed by atoms with Gasteiger partial charge in [0.15, 0.2) is 0 Å². The third-order valence-electron chi connectivity index (χ3n) is 18.9. The Bertz CT molecular complexity index is 4070. The van der Waals surface area contributed by atoms with E-state index in [4.69, 9.17) is 0 Å². The van der Waals surface area contributed by atoms with Gasteiger partial charge in [-0.05, 0) is 155 Å². The largest absolute Gasteiger partial charge is 0.310 e. The molecule has 72 heavy (non-hydrogen) atoms. The van der Waals surface area contributed by atoms with Crippen LogP contribution in [0.4, 0.5) is 0 Å². The number of hydrogen-bond donors (Lipinski definition) is 0. The predicted octanol–water partition coefficient (Wildman–Crippen LogP) is 15.4. The van der Waals surface area contributed by atoms with Crippen LogP contribution >= 0.6 is 0 Å². The Morgan fingerprint density at radius 3 is 1.67 bits per heavy atom. The van der Waals surface area contributed by atoms with Crippen LogP contribution in [0.3, 0.4) is 0 Å². The minimum Gasteiger partial charge on any atom is -0.310 e. The Morgan fingerprint density at radius 2 is 1.04 bits per heavy atom. The van der Waals surface area contributed by atoms with E-state index in [-0.39, 0.29) is 28.4 Å². The molecule has 5 heterocycles. The van der Waals surface area contributed by atoms with E-state index in [9.17, 15) is 0 Å². The summed E-state index contributed by atoms with van der Waals surface area (Å²) in [5, 5.41) is 4.20. The Kier molecular flexibility index (Phi) is 7.97. The van der Waals surface area contributed by atoms with Crippen molar-refractivity contribution < 1.29 is 0 Å². The van der Waals surface area contributed by atoms with Gasteiger partial charge in [-0.25, -0.2) is 0 Å². The molecule has 0 N–H and O–H groups in total. The molecule has 3 heteroatoms. The standard InChI is InChI=1S/C69H63BN2/c1-38-21-31-49-62-54(38)55-39(2)22-33-52-64(55)72(62)63-50(69(49)47-19-15-13-17-44(47)45-18-14-16-20-48(45)69)32-34-53-58(63)70(52)59-57-51(67(9,10)35-36-68(57,11)12)37-46-56(40-23-27-42(28-24-40)65(3,4)5)60(71(53)61(46)59)41-25-29-43(30-26-41)66(6,7)8/h13-34,37H,35-36H2,1-12H3. The third-order valence-corrected chi connectivity index (χ3v) is 18.9. The van der Waals surface area contributed by atoms with E-state index in [0.717, 1.165) is 12.8 Å². The van der Waals surface area contributed by atoms with E-state index >= 15 is 0 Å². The average Bonchev–Trinajstić information content (AvgIpc) is 4.00. The van der Waals surface area contributed by atoms with Crippen LogP contribution in [0, 0.1) is 13.8 Å². The molecule has 0 saturated heterocycles. The molecule has 2 nitrogen and oxygen atoms in total. The first-order valence-electron chi connectivity index (χ1n) is 26.8. The minimum atomic E-state index is -0.515. The van der Waals surface area contributed by atoms with Gasteiger partial charge in [-0.2, -0.15) is 0 Å². The van der Waals surface area contributed by atoms with E-state index in [1.165, 1.54) is 144 Å². The molecule has 0 atom stereocenters. The second kappa shape index (κ2) is 13.4. The lowest BCUT2D eigenvalue weighted by Crippen LogP contribution is -2.63. The molecule has 1 spiro atoms. The quantitative estimate of drug-likeness (QED) is 0.153. The fraction of sp³-hybridized carbons (Fsp3) is 0.275. The van der Waals surface area contributed by atoms with Gasteiger partial charge in [0.05, 0.1) is 16.6 Å². The first-order valence-corrected chi connectivity index (χ1v) is 26.8. The van der Waals surface area contributed by atoms with Gasteiger partial charge in [0.2, 0.25) is 0 Å². The summed E-state index contributed by atoms with van der Waals surface area (Å²) in [5.74, 6) is 0. The molecule has 3 aliphatic heterocycles. The van der Waals surface area contributed by atoms with Crippen LogP contribution in [0.25, 0.3) is 77.6 Å². The van der Waals surface area contributed by atoms with Crippen LogP contribution < -0.4 is 16.4 Å². The third kappa shape index (κ3) is 4.99.